The van der Waals surface area contributed by atoms with E-state index in [4.69, 9.17) is 9.47 Å². The van der Waals surface area contributed by atoms with E-state index in [2.05, 4.69) is 11.9 Å². The Bertz CT molecular complexity index is 133. The van der Waals surface area contributed by atoms with E-state index >= 15 is 0 Å². The summed E-state index contributed by atoms with van der Waals surface area (Å²) < 4.78 is 10.3. The van der Waals surface area contributed by atoms with Crippen LogP contribution in [0.25, 0.3) is 0 Å². The van der Waals surface area contributed by atoms with E-state index in [0.29, 0.717) is 0 Å². The average Bonchev–Trinajstić information content (AvgIpc) is 2.63. The highest BCUT2D eigenvalue weighted by molar-refractivity contribution is 4.66. The van der Waals surface area contributed by atoms with Crippen molar-refractivity contribution >= 4 is 0 Å². The van der Waals surface area contributed by atoms with Crippen LogP contribution in [0.3, 0.4) is 0 Å². The summed E-state index contributed by atoms with van der Waals surface area (Å²) in [5.74, 6) is 0.723. The molecule has 0 aliphatic carbocycles. The summed E-state index contributed by atoms with van der Waals surface area (Å²) in [6.45, 7) is 8.20. The minimum absolute atomic E-state index is 0.723. The molecule has 1 saturated heterocycles. The van der Waals surface area contributed by atoms with E-state index < -0.39 is 0 Å². The van der Waals surface area contributed by atoms with Crippen LogP contribution < -0.4 is 5.32 Å². The van der Waals surface area contributed by atoms with Crippen molar-refractivity contribution in [3.05, 3.63) is 12.8 Å². The second kappa shape index (κ2) is 6.92. The standard InChI is InChI=1S/C10H19NO2/c1-2-12-6-3-5-11-8-10-4-7-13-9-10/h2,10-11H,1,3-9H2. The maximum atomic E-state index is 5.27. The Morgan fingerprint density at radius 2 is 2.54 bits per heavy atom. The van der Waals surface area contributed by atoms with E-state index in [9.17, 15) is 0 Å². The molecule has 0 radical (unpaired) electrons. The van der Waals surface area contributed by atoms with Crippen LogP contribution in [0.4, 0.5) is 0 Å². The zero-order valence-electron chi connectivity index (χ0n) is 8.13. The molecule has 0 saturated carbocycles. The van der Waals surface area contributed by atoms with Crippen molar-refractivity contribution in [1.82, 2.24) is 5.32 Å². The first-order valence-corrected chi connectivity index (χ1v) is 4.94. The topological polar surface area (TPSA) is 30.5 Å². The van der Waals surface area contributed by atoms with Gasteiger partial charge in [0.2, 0.25) is 0 Å². The van der Waals surface area contributed by atoms with Crippen molar-refractivity contribution in [3.63, 3.8) is 0 Å². The summed E-state index contributed by atoms with van der Waals surface area (Å²) in [5.41, 5.74) is 0. The summed E-state index contributed by atoms with van der Waals surface area (Å²) >= 11 is 0. The van der Waals surface area contributed by atoms with Gasteiger partial charge in [-0.25, -0.2) is 0 Å². The predicted molar refractivity (Wildman–Crippen MR) is 52.6 cm³/mol. The van der Waals surface area contributed by atoms with E-state index in [1.54, 1.807) is 0 Å². The highest BCUT2D eigenvalue weighted by Crippen LogP contribution is 2.10. The fourth-order valence-electron chi connectivity index (χ4n) is 1.41. The normalized spacial score (nSPS) is 21.7. The van der Waals surface area contributed by atoms with Crippen LogP contribution in [0.15, 0.2) is 12.8 Å². The largest absolute Gasteiger partial charge is 0.502 e. The van der Waals surface area contributed by atoms with Crippen LogP contribution in [0.2, 0.25) is 0 Å². The molecule has 76 valence electrons. The molecule has 13 heavy (non-hydrogen) atoms. The Morgan fingerprint density at radius 3 is 3.23 bits per heavy atom. The second-order valence-corrected chi connectivity index (χ2v) is 3.32. The molecule has 3 heteroatoms. The van der Waals surface area contributed by atoms with Gasteiger partial charge in [-0.3, -0.25) is 0 Å². The summed E-state index contributed by atoms with van der Waals surface area (Å²) in [7, 11) is 0. The third-order valence-corrected chi connectivity index (χ3v) is 2.19. The number of hydrogen-bond donors (Lipinski definition) is 1. The van der Waals surface area contributed by atoms with Crippen molar-refractivity contribution in [2.24, 2.45) is 5.92 Å². The van der Waals surface area contributed by atoms with Crippen LogP contribution in [0.5, 0.6) is 0 Å². The van der Waals surface area contributed by atoms with Crippen LogP contribution in [0.1, 0.15) is 12.8 Å². The number of ether oxygens (including phenoxy) is 2. The molecule has 0 amide bonds. The lowest BCUT2D eigenvalue weighted by atomic mass is 10.1. The third-order valence-electron chi connectivity index (χ3n) is 2.19. The molecule has 1 N–H and O–H groups in total. The van der Waals surface area contributed by atoms with Crippen molar-refractivity contribution in [1.29, 1.82) is 0 Å². The van der Waals surface area contributed by atoms with Gasteiger partial charge in [0.15, 0.2) is 0 Å². The van der Waals surface area contributed by atoms with Gasteiger partial charge in [-0.05, 0) is 25.3 Å². The van der Waals surface area contributed by atoms with Crippen molar-refractivity contribution in [2.45, 2.75) is 12.8 Å². The lowest BCUT2D eigenvalue weighted by Gasteiger charge is -2.08. The monoisotopic (exact) mass is 185 g/mol. The molecule has 1 atom stereocenters. The summed E-state index contributed by atoms with van der Waals surface area (Å²) in [6, 6.07) is 0. The molecule has 0 aromatic rings. The molecule has 1 rings (SSSR count). The zero-order valence-corrected chi connectivity index (χ0v) is 8.13. The van der Waals surface area contributed by atoms with Crippen molar-refractivity contribution < 1.29 is 9.47 Å². The molecule has 0 aromatic heterocycles. The van der Waals surface area contributed by atoms with Crippen LogP contribution >= 0.6 is 0 Å². The lowest BCUT2D eigenvalue weighted by molar-refractivity contribution is 0.185. The molecule has 1 heterocycles. The van der Waals surface area contributed by atoms with Gasteiger partial charge < -0.3 is 14.8 Å². The predicted octanol–water partition coefficient (Wildman–Crippen LogP) is 1.16. The van der Waals surface area contributed by atoms with E-state index in [1.807, 2.05) is 0 Å². The Hall–Kier alpha value is -0.540. The summed E-state index contributed by atoms with van der Waals surface area (Å²) in [5, 5.41) is 3.39. The first-order chi connectivity index (χ1) is 6.43. The highest BCUT2D eigenvalue weighted by atomic mass is 16.5. The SMILES string of the molecule is C=COCCCNCC1CCOC1. The summed E-state index contributed by atoms with van der Waals surface area (Å²) in [6.07, 6.45) is 3.74. The Labute approximate surface area is 80.1 Å². The molecule has 0 bridgehead atoms. The van der Waals surface area contributed by atoms with Gasteiger partial charge in [0, 0.05) is 13.2 Å². The van der Waals surface area contributed by atoms with Gasteiger partial charge in [-0.15, -0.1) is 0 Å². The lowest BCUT2D eigenvalue weighted by Crippen LogP contribution is -2.24. The number of rotatable bonds is 7. The molecule has 1 aliphatic heterocycles. The number of hydrogen-bond acceptors (Lipinski definition) is 3. The minimum atomic E-state index is 0.723. The Kier molecular flexibility index (Phi) is 5.61. The first kappa shape index (κ1) is 10.5. The fourth-order valence-corrected chi connectivity index (χ4v) is 1.41. The highest BCUT2D eigenvalue weighted by Gasteiger charge is 2.14. The smallest absolute Gasteiger partial charge is 0.0885 e. The van der Waals surface area contributed by atoms with Crippen molar-refractivity contribution in [3.8, 4) is 0 Å². The molecule has 1 unspecified atom stereocenters. The van der Waals surface area contributed by atoms with Crippen LogP contribution in [-0.2, 0) is 9.47 Å². The van der Waals surface area contributed by atoms with Gasteiger partial charge in [0.1, 0.15) is 0 Å². The quantitative estimate of drug-likeness (QED) is 0.477. The van der Waals surface area contributed by atoms with Gasteiger partial charge in [0.25, 0.3) is 0 Å². The third kappa shape index (κ3) is 4.90. The molecule has 0 aromatic carbocycles. The second-order valence-electron chi connectivity index (χ2n) is 3.32. The van der Waals surface area contributed by atoms with Gasteiger partial charge in [-0.1, -0.05) is 6.58 Å². The average molecular weight is 185 g/mol. The molecule has 0 spiro atoms. The van der Waals surface area contributed by atoms with Crippen LogP contribution in [0, 0.1) is 5.92 Å². The number of nitrogens with one attached hydrogen (secondary N) is 1. The summed E-state index contributed by atoms with van der Waals surface area (Å²) in [4.78, 5) is 0. The van der Waals surface area contributed by atoms with E-state index in [1.165, 1.54) is 12.7 Å². The maximum Gasteiger partial charge on any atom is 0.0885 e. The Morgan fingerprint density at radius 1 is 1.62 bits per heavy atom. The van der Waals surface area contributed by atoms with Gasteiger partial charge >= 0.3 is 0 Å². The van der Waals surface area contributed by atoms with Gasteiger partial charge in [-0.2, -0.15) is 0 Å². The molecular weight excluding hydrogens is 166 g/mol. The van der Waals surface area contributed by atoms with E-state index in [0.717, 1.165) is 45.2 Å². The fraction of sp³-hybridized carbons (Fsp3) is 0.800. The molecule has 1 aliphatic rings. The molecular formula is C10H19NO2. The minimum Gasteiger partial charge on any atom is -0.502 e. The first-order valence-electron chi connectivity index (χ1n) is 4.94. The van der Waals surface area contributed by atoms with Crippen molar-refractivity contribution in [2.75, 3.05) is 32.9 Å². The zero-order chi connectivity index (χ0) is 9.36. The van der Waals surface area contributed by atoms with E-state index in [-0.39, 0.29) is 0 Å². The van der Waals surface area contributed by atoms with Gasteiger partial charge in [0.05, 0.1) is 19.5 Å². The maximum absolute atomic E-state index is 5.27. The van der Waals surface area contributed by atoms with Crippen LogP contribution in [-0.4, -0.2) is 32.9 Å². The molecule has 1 fully saturated rings. The molecule has 3 nitrogen and oxygen atoms in total. The Balaban J connectivity index is 1.80.